The van der Waals surface area contributed by atoms with Gasteiger partial charge >= 0.3 is 0 Å². The zero-order valence-electron chi connectivity index (χ0n) is 21.8. The van der Waals surface area contributed by atoms with E-state index in [4.69, 9.17) is 0 Å². The summed E-state index contributed by atoms with van der Waals surface area (Å²) in [6.07, 6.45) is 2.04. The van der Waals surface area contributed by atoms with Crippen LogP contribution >= 0.6 is 31.9 Å². The van der Waals surface area contributed by atoms with Crippen molar-refractivity contribution in [3.8, 4) is 0 Å². The van der Waals surface area contributed by atoms with Crippen LogP contribution in [0.15, 0.2) is 39.3 Å². The lowest BCUT2D eigenvalue weighted by atomic mass is 9.91. The Kier molecular flexibility index (Phi) is 13.6. The number of rotatable bonds is 7. The summed E-state index contributed by atoms with van der Waals surface area (Å²) in [6.45, 7) is 16.2. The van der Waals surface area contributed by atoms with Gasteiger partial charge in [-0.1, -0.05) is 67.0 Å². The van der Waals surface area contributed by atoms with E-state index in [9.17, 15) is 4.79 Å². The number of amides is 1. The summed E-state index contributed by atoms with van der Waals surface area (Å²) in [5, 5.41) is 3.75. The van der Waals surface area contributed by atoms with E-state index in [1.165, 1.54) is 11.1 Å². The fraction of sp³-hybridized carbons (Fsp3) is 0.552. The number of likely N-dealkylation sites (N-methyl/N-ethyl adjacent to an activating group) is 1. The lowest BCUT2D eigenvalue weighted by Crippen LogP contribution is -2.47. The molecule has 1 aliphatic heterocycles. The van der Waals surface area contributed by atoms with Gasteiger partial charge in [0.2, 0.25) is 0 Å². The van der Waals surface area contributed by atoms with Crippen LogP contribution in [0.5, 0.6) is 0 Å². The number of carbonyl (C=O) groups is 1. The van der Waals surface area contributed by atoms with Crippen LogP contribution in [-0.2, 0) is 6.42 Å². The number of anilines is 1. The molecule has 1 saturated heterocycles. The molecule has 4 nitrogen and oxygen atoms in total. The molecule has 1 fully saturated rings. The minimum Gasteiger partial charge on any atom is -0.382 e. The largest absolute Gasteiger partial charge is 0.382 e. The highest BCUT2D eigenvalue weighted by Gasteiger charge is 2.22. The first kappa shape index (κ1) is 31.7. The maximum atomic E-state index is 12.9. The van der Waals surface area contributed by atoms with Crippen molar-refractivity contribution in [1.29, 1.82) is 0 Å². The van der Waals surface area contributed by atoms with E-state index >= 15 is 0 Å². The molecule has 1 heterocycles. The predicted octanol–water partition coefficient (Wildman–Crippen LogP) is 7.95. The molecule has 0 aromatic heterocycles. The number of halogens is 2. The van der Waals surface area contributed by atoms with Crippen LogP contribution in [0, 0.1) is 19.8 Å². The first-order chi connectivity index (χ1) is 16.2. The van der Waals surface area contributed by atoms with Gasteiger partial charge < -0.3 is 15.1 Å². The molecule has 2 aromatic carbocycles. The SMILES string of the molecule is C.CC.CCC(Nc1ccc(C(=O)N2CCN(C)CC2)cc1C)[C@H](C)Cc1cc(Br)c(C)c(Br)c1. The van der Waals surface area contributed by atoms with E-state index in [0.717, 1.165) is 64.8 Å². The van der Waals surface area contributed by atoms with E-state index in [-0.39, 0.29) is 13.3 Å². The maximum absolute atomic E-state index is 12.9. The standard InChI is InChI=1S/C26H35Br2N3O.C2H6.CH4/c1-6-24(17(2)13-20-15-22(27)19(4)23(28)16-20)29-25-8-7-21(14-18(25)3)26(32)31-11-9-30(5)10-12-31;1-2;/h7-8,14-17,24,29H,6,9-13H2,1-5H3;1-2H3;1H4/t17-,24?;;/m1../s1. The molecular formula is C29H45Br2N3O. The molecule has 0 radical (unpaired) electrons. The molecule has 3 rings (SSSR count). The Balaban J connectivity index is 0.00000199. The third kappa shape index (κ3) is 8.61. The average Bonchev–Trinajstić information content (AvgIpc) is 2.83. The molecule has 2 aromatic rings. The van der Waals surface area contributed by atoms with E-state index in [1.807, 2.05) is 30.9 Å². The van der Waals surface area contributed by atoms with Gasteiger partial charge in [-0.25, -0.2) is 0 Å². The van der Waals surface area contributed by atoms with Gasteiger partial charge in [-0.2, -0.15) is 0 Å². The highest BCUT2D eigenvalue weighted by Crippen LogP contribution is 2.29. The van der Waals surface area contributed by atoms with Gasteiger partial charge in [-0.3, -0.25) is 4.79 Å². The number of benzene rings is 2. The molecule has 2 atom stereocenters. The minimum absolute atomic E-state index is 0. The third-order valence-corrected chi connectivity index (χ3v) is 8.28. The van der Waals surface area contributed by atoms with Crippen molar-refractivity contribution in [2.75, 3.05) is 38.5 Å². The van der Waals surface area contributed by atoms with Crippen LogP contribution in [0.4, 0.5) is 5.69 Å². The molecule has 0 bridgehead atoms. The summed E-state index contributed by atoms with van der Waals surface area (Å²) in [5.74, 6) is 0.608. The van der Waals surface area contributed by atoms with Gasteiger partial charge in [-0.15, -0.1) is 0 Å². The number of piperazine rings is 1. The summed E-state index contributed by atoms with van der Waals surface area (Å²) in [4.78, 5) is 17.2. The number of carbonyl (C=O) groups excluding carboxylic acids is 1. The van der Waals surface area contributed by atoms with Crippen LogP contribution in [0.25, 0.3) is 0 Å². The Morgan fingerprint density at radius 3 is 2.11 bits per heavy atom. The van der Waals surface area contributed by atoms with Crippen molar-refractivity contribution in [2.24, 2.45) is 5.92 Å². The zero-order chi connectivity index (χ0) is 25.4. The van der Waals surface area contributed by atoms with Crippen molar-refractivity contribution in [2.45, 2.75) is 67.9 Å². The van der Waals surface area contributed by atoms with Crippen LogP contribution in [0.2, 0.25) is 0 Å². The Labute approximate surface area is 231 Å². The average molecular weight is 612 g/mol. The molecule has 0 aliphatic carbocycles. The van der Waals surface area contributed by atoms with Gasteiger partial charge in [0.15, 0.2) is 0 Å². The van der Waals surface area contributed by atoms with Gasteiger partial charge in [0.05, 0.1) is 0 Å². The monoisotopic (exact) mass is 609 g/mol. The summed E-state index contributed by atoms with van der Waals surface area (Å²) >= 11 is 7.35. The molecule has 35 heavy (non-hydrogen) atoms. The smallest absolute Gasteiger partial charge is 0.253 e. The van der Waals surface area contributed by atoms with Crippen LogP contribution in [0.3, 0.4) is 0 Å². The van der Waals surface area contributed by atoms with E-state index in [2.05, 4.69) is 95.0 Å². The highest BCUT2D eigenvalue weighted by molar-refractivity contribution is 9.11. The first-order valence-electron chi connectivity index (χ1n) is 12.5. The number of nitrogens with one attached hydrogen (secondary N) is 1. The summed E-state index contributed by atoms with van der Waals surface area (Å²) < 4.78 is 2.29. The van der Waals surface area contributed by atoms with Crippen molar-refractivity contribution in [1.82, 2.24) is 9.80 Å². The molecule has 1 N–H and O–H groups in total. The Morgan fingerprint density at radius 2 is 1.60 bits per heavy atom. The van der Waals surface area contributed by atoms with Crippen molar-refractivity contribution in [3.63, 3.8) is 0 Å². The Bertz CT molecular complexity index is 932. The zero-order valence-corrected chi connectivity index (χ0v) is 25.0. The highest BCUT2D eigenvalue weighted by atomic mass is 79.9. The lowest BCUT2D eigenvalue weighted by molar-refractivity contribution is 0.0664. The van der Waals surface area contributed by atoms with Gasteiger partial charge in [0.25, 0.3) is 5.91 Å². The van der Waals surface area contributed by atoms with Crippen molar-refractivity contribution in [3.05, 3.63) is 61.5 Å². The fourth-order valence-corrected chi connectivity index (χ4v) is 5.61. The summed E-state index contributed by atoms with van der Waals surface area (Å²) in [6, 6.07) is 10.9. The number of aryl methyl sites for hydroxylation is 1. The van der Waals surface area contributed by atoms with Crippen molar-refractivity contribution >= 4 is 43.5 Å². The molecular weight excluding hydrogens is 566 g/mol. The summed E-state index contributed by atoms with van der Waals surface area (Å²) in [7, 11) is 2.11. The normalized spacial score (nSPS) is 15.4. The van der Waals surface area contributed by atoms with E-state index < -0.39 is 0 Å². The van der Waals surface area contributed by atoms with E-state index in [0.29, 0.717) is 12.0 Å². The van der Waals surface area contributed by atoms with Gasteiger partial charge in [0, 0.05) is 52.4 Å². The Hall–Kier alpha value is -1.37. The quantitative estimate of drug-likeness (QED) is 0.345. The second kappa shape index (κ2) is 15.0. The summed E-state index contributed by atoms with van der Waals surface area (Å²) in [5.41, 5.74) is 5.58. The number of hydrogen-bond donors (Lipinski definition) is 1. The molecule has 1 amide bonds. The topological polar surface area (TPSA) is 35.6 Å². The maximum Gasteiger partial charge on any atom is 0.253 e. The van der Waals surface area contributed by atoms with Gasteiger partial charge in [0.1, 0.15) is 0 Å². The van der Waals surface area contributed by atoms with Gasteiger partial charge in [-0.05, 0) is 86.7 Å². The Morgan fingerprint density at radius 1 is 1.03 bits per heavy atom. The van der Waals surface area contributed by atoms with Crippen molar-refractivity contribution < 1.29 is 4.79 Å². The molecule has 0 spiro atoms. The van der Waals surface area contributed by atoms with Crippen LogP contribution in [0.1, 0.15) is 68.6 Å². The number of hydrogen-bond acceptors (Lipinski definition) is 3. The van der Waals surface area contributed by atoms with Crippen LogP contribution in [-0.4, -0.2) is 55.0 Å². The second-order valence-corrected chi connectivity index (χ2v) is 10.9. The third-order valence-electron chi connectivity index (χ3n) is 6.63. The minimum atomic E-state index is 0. The van der Waals surface area contributed by atoms with E-state index in [1.54, 1.807) is 0 Å². The molecule has 1 unspecified atom stereocenters. The fourth-order valence-electron chi connectivity index (χ4n) is 4.33. The van der Waals surface area contributed by atoms with Crippen LogP contribution < -0.4 is 5.32 Å². The predicted molar refractivity (Wildman–Crippen MR) is 160 cm³/mol. The molecule has 0 saturated carbocycles. The second-order valence-electron chi connectivity index (χ2n) is 9.15. The first-order valence-corrected chi connectivity index (χ1v) is 14.1. The molecule has 6 heteroatoms. The number of nitrogens with zero attached hydrogens (tertiary/aromatic N) is 2. The molecule has 196 valence electrons. The lowest BCUT2D eigenvalue weighted by Gasteiger charge is -2.32. The molecule has 1 aliphatic rings.